The van der Waals surface area contributed by atoms with Gasteiger partial charge in [-0.2, -0.15) is 0 Å². The van der Waals surface area contributed by atoms with Crippen LogP contribution >= 0.6 is 0 Å². The molecular formula is C28H46O. The topological polar surface area (TPSA) is 20.2 Å². The first-order valence-corrected chi connectivity index (χ1v) is 12.7. The van der Waals surface area contributed by atoms with Crippen LogP contribution in [0, 0.1) is 52.3 Å². The normalized spacial score (nSPS) is 46.8. The van der Waals surface area contributed by atoms with Crippen LogP contribution < -0.4 is 0 Å². The maximum Gasteiger partial charge on any atom is 0.0543 e. The molecule has 0 aliphatic heterocycles. The van der Waals surface area contributed by atoms with E-state index in [0.29, 0.717) is 28.6 Å². The molecule has 0 saturated heterocycles. The standard InChI is InChI=1S/C28H46O/c1-18(2)19(3)7-8-20(4)24-11-12-25-23-10-9-21-17-22(29)13-15-27(21,5)26(23)14-16-28(24,25)6/h7-8,10,18-22,24-26,29H,9,11-17H2,1-6H3/b8-7+/t19-,20+,21+,22+,24-,25+,26-,27+,28-/m0/s1. The molecule has 4 rings (SSSR count). The third-order valence-electron chi connectivity index (χ3n) is 10.5. The van der Waals surface area contributed by atoms with E-state index < -0.39 is 0 Å². The molecule has 3 saturated carbocycles. The Bertz CT molecular complexity index is 659. The zero-order chi connectivity index (χ0) is 21.0. The van der Waals surface area contributed by atoms with E-state index in [1.54, 1.807) is 0 Å². The maximum atomic E-state index is 10.2. The summed E-state index contributed by atoms with van der Waals surface area (Å²) in [6, 6.07) is 0. The lowest BCUT2D eigenvalue weighted by Crippen LogP contribution is -2.49. The van der Waals surface area contributed by atoms with E-state index in [0.717, 1.165) is 36.5 Å². The number of aliphatic hydroxyl groups is 1. The summed E-state index contributed by atoms with van der Waals surface area (Å²) in [6.45, 7) is 14.7. The molecular weight excluding hydrogens is 352 g/mol. The number of hydrogen-bond donors (Lipinski definition) is 1. The van der Waals surface area contributed by atoms with Crippen LogP contribution in [0.1, 0.15) is 92.9 Å². The largest absolute Gasteiger partial charge is 0.393 e. The zero-order valence-corrected chi connectivity index (χ0v) is 20.0. The van der Waals surface area contributed by atoms with E-state index in [1.165, 1.54) is 38.5 Å². The predicted molar refractivity (Wildman–Crippen MR) is 124 cm³/mol. The number of allylic oxidation sites excluding steroid dienone is 4. The Morgan fingerprint density at radius 1 is 0.931 bits per heavy atom. The third-order valence-corrected chi connectivity index (χ3v) is 10.5. The first-order chi connectivity index (χ1) is 13.7. The van der Waals surface area contributed by atoms with Gasteiger partial charge in [0.1, 0.15) is 0 Å². The number of aliphatic hydroxyl groups excluding tert-OH is 1. The van der Waals surface area contributed by atoms with Gasteiger partial charge in [-0.3, -0.25) is 0 Å². The Labute approximate surface area is 180 Å². The van der Waals surface area contributed by atoms with Gasteiger partial charge in [0, 0.05) is 0 Å². The highest BCUT2D eigenvalue weighted by Crippen LogP contribution is 2.66. The molecule has 0 aromatic heterocycles. The number of fused-ring (bicyclic) bond motifs is 5. The van der Waals surface area contributed by atoms with Crippen molar-refractivity contribution >= 4 is 0 Å². The molecule has 0 radical (unpaired) electrons. The van der Waals surface area contributed by atoms with Crippen LogP contribution in [0.3, 0.4) is 0 Å². The first-order valence-electron chi connectivity index (χ1n) is 12.7. The summed E-state index contributed by atoms with van der Waals surface area (Å²) in [5.74, 6) is 5.25. The molecule has 3 fully saturated rings. The molecule has 0 aromatic carbocycles. The van der Waals surface area contributed by atoms with Crippen LogP contribution in [-0.4, -0.2) is 11.2 Å². The van der Waals surface area contributed by atoms with Gasteiger partial charge >= 0.3 is 0 Å². The second-order valence-corrected chi connectivity index (χ2v) is 12.3. The molecule has 9 atom stereocenters. The highest BCUT2D eigenvalue weighted by atomic mass is 16.3. The van der Waals surface area contributed by atoms with Crippen molar-refractivity contribution in [2.75, 3.05) is 0 Å². The van der Waals surface area contributed by atoms with Crippen LogP contribution in [0.25, 0.3) is 0 Å². The van der Waals surface area contributed by atoms with E-state index >= 15 is 0 Å². The van der Waals surface area contributed by atoms with Gasteiger partial charge in [0.2, 0.25) is 0 Å². The highest BCUT2D eigenvalue weighted by Gasteiger charge is 2.57. The van der Waals surface area contributed by atoms with Crippen molar-refractivity contribution in [1.82, 2.24) is 0 Å². The van der Waals surface area contributed by atoms with Crippen LogP contribution in [0.2, 0.25) is 0 Å². The van der Waals surface area contributed by atoms with E-state index in [9.17, 15) is 5.11 Å². The second kappa shape index (κ2) is 7.85. The van der Waals surface area contributed by atoms with E-state index in [-0.39, 0.29) is 6.10 Å². The number of hydrogen-bond acceptors (Lipinski definition) is 1. The minimum Gasteiger partial charge on any atom is -0.393 e. The Balaban J connectivity index is 1.54. The zero-order valence-electron chi connectivity index (χ0n) is 20.0. The van der Waals surface area contributed by atoms with Crippen LogP contribution in [0.4, 0.5) is 0 Å². The lowest BCUT2D eigenvalue weighted by atomic mass is 9.47. The summed E-state index contributed by atoms with van der Waals surface area (Å²) >= 11 is 0. The van der Waals surface area contributed by atoms with Crippen molar-refractivity contribution in [1.29, 1.82) is 0 Å². The molecule has 4 aliphatic carbocycles. The summed E-state index contributed by atoms with van der Waals surface area (Å²) in [7, 11) is 0. The molecule has 29 heavy (non-hydrogen) atoms. The molecule has 0 spiro atoms. The molecule has 0 unspecified atom stereocenters. The van der Waals surface area contributed by atoms with Gasteiger partial charge in [0.05, 0.1) is 6.10 Å². The molecule has 1 N–H and O–H groups in total. The van der Waals surface area contributed by atoms with Crippen molar-refractivity contribution in [3.05, 3.63) is 23.8 Å². The van der Waals surface area contributed by atoms with Gasteiger partial charge < -0.3 is 5.11 Å². The van der Waals surface area contributed by atoms with Crippen LogP contribution in [0.15, 0.2) is 23.8 Å². The van der Waals surface area contributed by atoms with Gasteiger partial charge in [0.25, 0.3) is 0 Å². The minimum atomic E-state index is -0.0476. The van der Waals surface area contributed by atoms with E-state index in [4.69, 9.17) is 0 Å². The second-order valence-electron chi connectivity index (χ2n) is 12.3. The van der Waals surface area contributed by atoms with Crippen molar-refractivity contribution in [3.63, 3.8) is 0 Å². The van der Waals surface area contributed by atoms with Gasteiger partial charge in [-0.1, -0.05) is 65.3 Å². The molecule has 0 amide bonds. The smallest absolute Gasteiger partial charge is 0.0543 e. The van der Waals surface area contributed by atoms with Gasteiger partial charge in [0.15, 0.2) is 0 Å². The molecule has 164 valence electrons. The quantitative estimate of drug-likeness (QED) is 0.489. The number of rotatable bonds is 4. The Hall–Kier alpha value is -0.560. The summed E-state index contributed by atoms with van der Waals surface area (Å²) < 4.78 is 0. The van der Waals surface area contributed by atoms with Crippen LogP contribution in [-0.2, 0) is 0 Å². The average molecular weight is 399 g/mol. The molecule has 4 aliphatic rings. The Morgan fingerprint density at radius 2 is 1.62 bits per heavy atom. The fourth-order valence-electron chi connectivity index (χ4n) is 8.10. The molecule has 0 bridgehead atoms. The lowest BCUT2D eigenvalue weighted by Gasteiger charge is -2.57. The Kier molecular flexibility index (Phi) is 5.86. The molecule has 0 aromatic rings. The highest BCUT2D eigenvalue weighted by molar-refractivity contribution is 5.28. The molecule has 1 heteroatoms. The third kappa shape index (κ3) is 3.58. The average Bonchev–Trinajstić information content (AvgIpc) is 3.03. The van der Waals surface area contributed by atoms with Crippen molar-refractivity contribution in [3.8, 4) is 0 Å². The lowest BCUT2D eigenvalue weighted by molar-refractivity contribution is -0.0414. The van der Waals surface area contributed by atoms with E-state index in [1.807, 2.05) is 5.57 Å². The summed E-state index contributed by atoms with van der Waals surface area (Å²) in [4.78, 5) is 0. The fourth-order valence-corrected chi connectivity index (χ4v) is 8.10. The molecule has 1 nitrogen and oxygen atoms in total. The van der Waals surface area contributed by atoms with Gasteiger partial charge in [-0.25, -0.2) is 0 Å². The van der Waals surface area contributed by atoms with Crippen molar-refractivity contribution in [2.24, 2.45) is 52.3 Å². The van der Waals surface area contributed by atoms with Crippen molar-refractivity contribution in [2.45, 2.75) is 99.0 Å². The Morgan fingerprint density at radius 3 is 2.34 bits per heavy atom. The van der Waals surface area contributed by atoms with Gasteiger partial charge in [-0.15, -0.1) is 0 Å². The maximum absolute atomic E-state index is 10.2. The first kappa shape index (κ1) is 21.7. The van der Waals surface area contributed by atoms with Crippen LogP contribution in [0.5, 0.6) is 0 Å². The monoisotopic (exact) mass is 398 g/mol. The fraction of sp³-hybridized carbons (Fsp3) is 0.857. The van der Waals surface area contributed by atoms with E-state index in [2.05, 4.69) is 59.8 Å². The molecule has 0 heterocycles. The predicted octanol–water partition coefficient (Wildman–Crippen LogP) is 7.41. The SMILES string of the molecule is CC(C)[C@@H](C)/C=C/[C@@H](C)[C@@H]1CC[C@@H]2C3=CC[C@@H]4C[C@H](O)CC[C@@]4(C)[C@H]3CC[C@]21C. The summed E-state index contributed by atoms with van der Waals surface area (Å²) in [6.07, 6.45) is 17.8. The van der Waals surface area contributed by atoms with Crippen molar-refractivity contribution < 1.29 is 5.11 Å². The summed E-state index contributed by atoms with van der Waals surface area (Å²) in [5, 5.41) is 10.2. The minimum absolute atomic E-state index is 0.0476. The van der Waals surface area contributed by atoms with Gasteiger partial charge in [-0.05, 0) is 104 Å². The summed E-state index contributed by atoms with van der Waals surface area (Å²) in [5.41, 5.74) is 2.79.